The zero-order chi connectivity index (χ0) is 14.5. The third-order valence-corrected chi connectivity index (χ3v) is 4.40. The van der Waals surface area contributed by atoms with E-state index in [1.165, 1.54) is 38.5 Å². The van der Waals surface area contributed by atoms with Crippen LogP contribution in [0.3, 0.4) is 0 Å². The van der Waals surface area contributed by atoms with Crippen molar-refractivity contribution in [2.24, 2.45) is 11.7 Å². The van der Waals surface area contributed by atoms with E-state index in [-0.39, 0.29) is 0 Å². The lowest BCUT2D eigenvalue weighted by Crippen LogP contribution is -2.28. The van der Waals surface area contributed by atoms with Gasteiger partial charge in [-0.2, -0.15) is 0 Å². The zero-order valence-corrected chi connectivity index (χ0v) is 13.3. The number of anilines is 1. The van der Waals surface area contributed by atoms with Crippen LogP contribution in [0.5, 0.6) is 0 Å². The van der Waals surface area contributed by atoms with Crippen LogP contribution in [0.4, 0.5) is 5.82 Å². The predicted molar refractivity (Wildman–Crippen MR) is 89.1 cm³/mol. The standard InChI is InChI=1S/C16H25N3S/c1-3-4-12-6-8-13(9-7-12)19-16-14(15(17)20)10-5-11(2)18-16/h5,10,12-13H,3-4,6-9H2,1-2H3,(H2,17,20)(H,18,19). The topological polar surface area (TPSA) is 50.9 Å². The summed E-state index contributed by atoms with van der Waals surface area (Å²) < 4.78 is 0. The maximum absolute atomic E-state index is 5.78. The van der Waals surface area contributed by atoms with Crippen LogP contribution < -0.4 is 11.1 Å². The molecule has 0 bridgehead atoms. The SMILES string of the molecule is CCCC1CCC(Nc2nc(C)ccc2C(N)=S)CC1. The first-order valence-corrected chi connectivity index (χ1v) is 8.05. The van der Waals surface area contributed by atoms with Crippen LogP contribution in [0.15, 0.2) is 12.1 Å². The van der Waals surface area contributed by atoms with Crippen molar-refractivity contribution in [2.45, 2.75) is 58.4 Å². The second kappa shape index (κ2) is 7.02. The number of aryl methyl sites for hydroxylation is 1. The molecule has 1 aliphatic rings. The number of thiocarbonyl (C=S) groups is 1. The molecule has 0 aromatic carbocycles. The van der Waals surface area contributed by atoms with E-state index in [4.69, 9.17) is 18.0 Å². The van der Waals surface area contributed by atoms with Gasteiger partial charge in [-0.1, -0.05) is 32.0 Å². The van der Waals surface area contributed by atoms with E-state index in [0.29, 0.717) is 11.0 Å². The van der Waals surface area contributed by atoms with Gasteiger partial charge in [0.2, 0.25) is 0 Å². The van der Waals surface area contributed by atoms with E-state index in [0.717, 1.165) is 23.0 Å². The van der Waals surface area contributed by atoms with E-state index in [1.807, 2.05) is 19.1 Å². The maximum Gasteiger partial charge on any atom is 0.136 e. The Morgan fingerprint density at radius 2 is 2.05 bits per heavy atom. The number of nitrogens with zero attached hydrogens (tertiary/aromatic N) is 1. The lowest BCUT2D eigenvalue weighted by atomic mass is 9.83. The van der Waals surface area contributed by atoms with E-state index in [9.17, 15) is 0 Å². The van der Waals surface area contributed by atoms with Crippen molar-refractivity contribution in [3.05, 3.63) is 23.4 Å². The summed E-state index contributed by atoms with van der Waals surface area (Å²) >= 11 is 5.11. The molecule has 2 rings (SSSR count). The fourth-order valence-corrected chi connectivity index (χ4v) is 3.23. The normalized spacial score (nSPS) is 22.5. The van der Waals surface area contributed by atoms with Crippen molar-refractivity contribution in [3.63, 3.8) is 0 Å². The number of nitrogens with one attached hydrogen (secondary N) is 1. The Bertz CT molecular complexity index is 465. The molecule has 3 N–H and O–H groups in total. The van der Waals surface area contributed by atoms with Crippen LogP contribution in [-0.4, -0.2) is 16.0 Å². The number of aromatic nitrogens is 1. The molecule has 1 aromatic rings. The van der Waals surface area contributed by atoms with Crippen molar-refractivity contribution in [1.29, 1.82) is 0 Å². The van der Waals surface area contributed by atoms with Gasteiger partial charge >= 0.3 is 0 Å². The predicted octanol–water partition coefficient (Wildman–Crippen LogP) is 3.80. The van der Waals surface area contributed by atoms with Gasteiger partial charge in [0.05, 0.1) is 5.56 Å². The quantitative estimate of drug-likeness (QED) is 0.810. The second-order valence-electron chi connectivity index (χ2n) is 5.86. The summed E-state index contributed by atoms with van der Waals surface area (Å²) in [4.78, 5) is 4.98. The molecule has 0 saturated heterocycles. The zero-order valence-electron chi connectivity index (χ0n) is 12.5. The number of hydrogen-bond donors (Lipinski definition) is 2. The second-order valence-corrected chi connectivity index (χ2v) is 6.30. The number of rotatable bonds is 5. The molecule has 0 atom stereocenters. The molecule has 1 heterocycles. The van der Waals surface area contributed by atoms with Crippen LogP contribution in [0.25, 0.3) is 0 Å². The van der Waals surface area contributed by atoms with Gasteiger partial charge in [0.1, 0.15) is 10.8 Å². The number of pyridine rings is 1. The highest BCUT2D eigenvalue weighted by atomic mass is 32.1. The first-order chi connectivity index (χ1) is 9.60. The fraction of sp³-hybridized carbons (Fsp3) is 0.625. The van der Waals surface area contributed by atoms with Crippen molar-refractivity contribution in [3.8, 4) is 0 Å². The highest BCUT2D eigenvalue weighted by molar-refractivity contribution is 7.80. The molecule has 1 fully saturated rings. The van der Waals surface area contributed by atoms with Gasteiger partial charge in [-0.3, -0.25) is 0 Å². The third kappa shape index (κ3) is 3.92. The molecular formula is C16H25N3S. The molecule has 3 nitrogen and oxygen atoms in total. The molecule has 1 saturated carbocycles. The molecule has 4 heteroatoms. The summed E-state index contributed by atoms with van der Waals surface area (Å²) in [5, 5.41) is 3.56. The Labute approximate surface area is 127 Å². The van der Waals surface area contributed by atoms with Crippen LogP contribution in [0.2, 0.25) is 0 Å². The summed E-state index contributed by atoms with van der Waals surface area (Å²) in [5.74, 6) is 1.77. The molecule has 0 amide bonds. The summed E-state index contributed by atoms with van der Waals surface area (Å²) in [6.07, 6.45) is 7.74. The summed E-state index contributed by atoms with van der Waals surface area (Å²) in [6.45, 7) is 4.27. The highest BCUT2D eigenvalue weighted by Gasteiger charge is 2.21. The van der Waals surface area contributed by atoms with E-state index >= 15 is 0 Å². The molecule has 0 unspecified atom stereocenters. The van der Waals surface area contributed by atoms with Crippen molar-refractivity contribution in [2.75, 3.05) is 5.32 Å². The number of hydrogen-bond acceptors (Lipinski definition) is 3. The monoisotopic (exact) mass is 291 g/mol. The van der Waals surface area contributed by atoms with Gasteiger partial charge in [-0.25, -0.2) is 4.98 Å². The fourth-order valence-electron chi connectivity index (χ4n) is 3.06. The van der Waals surface area contributed by atoms with Gasteiger partial charge < -0.3 is 11.1 Å². The first kappa shape index (κ1) is 15.2. The molecule has 0 spiro atoms. The van der Waals surface area contributed by atoms with Gasteiger partial charge in [0.15, 0.2) is 0 Å². The van der Waals surface area contributed by atoms with E-state index in [2.05, 4.69) is 17.2 Å². The van der Waals surface area contributed by atoms with E-state index in [1.54, 1.807) is 0 Å². The molecule has 20 heavy (non-hydrogen) atoms. The highest BCUT2D eigenvalue weighted by Crippen LogP contribution is 2.29. The van der Waals surface area contributed by atoms with Gasteiger partial charge in [0.25, 0.3) is 0 Å². The van der Waals surface area contributed by atoms with Crippen molar-refractivity contribution < 1.29 is 0 Å². The Morgan fingerprint density at radius 1 is 1.35 bits per heavy atom. The summed E-state index contributed by atoms with van der Waals surface area (Å²) in [5.41, 5.74) is 7.64. The largest absolute Gasteiger partial charge is 0.389 e. The average Bonchev–Trinajstić information content (AvgIpc) is 2.41. The molecule has 1 aromatic heterocycles. The van der Waals surface area contributed by atoms with Gasteiger partial charge in [-0.05, 0) is 50.7 Å². The van der Waals surface area contributed by atoms with E-state index < -0.39 is 0 Å². The summed E-state index contributed by atoms with van der Waals surface area (Å²) in [6, 6.07) is 4.43. The van der Waals surface area contributed by atoms with Crippen LogP contribution in [-0.2, 0) is 0 Å². The lowest BCUT2D eigenvalue weighted by Gasteiger charge is -2.29. The Hall–Kier alpha value is -1.16. The van der Waals surface area contributed by atoms with Crippen LogP contribution in [0, 0.1) is 12.8 Å². The minimum Gasteiger partial charge on any atom is -0.389 e. The maximum atomic E-state index is 5.78. The smallest absolute Gasteiger partial charge is 0.136 e. The minimum absolute atomic E-state index is 0.416. The number of nitrogens with two attached hydrogens (primary N) is 1. The van der Waals surface area contributed by atoms with Crippen molar-refractivity contribution in [1.82, 2.24) is 4.98 Å². The van der Waals surface area contributed by atoms with Crippen molar-refractivity contribution >= 4 is 23.0 Å². The van der Waals surface area contributed by atoms with Gasteiger partial charge in [0, 0.05) is 11.7 Å². The third-order valence-electron chi connectivity index (χ3n) is 4.18. The molecule has 0 aliphatic heterocycles. The molecule has 0 radical (unpaired) electrons. The lowest BCUT2D eigenvalue weighted by molar-refractivity contribution is 0.318. The van der Waals surface area contributed by atoms with Gasteiger partial charge in [-0.15, -0.1) is 0 Å². The Morgan fingerprint density at radius 3 is 2.65 bits per heavy atom. The molecular weight excluding hydrogens is 266 g/mol. The average molecular weight is 291 g/mol. The Kier molecular flexibility index (Phi) is 5.35. The molecule has 1 aliphatic carbocycles. The minimum atomic E-state index is 0.416. The van der Waals surface area contributed by atoms with Crippen LogP contribution in [0.1, 0.15) is 56.7 Å². The van der Waals surface area contributed by atoms with Crippen LogP contribution >= 0.6 is 12.2 Å². The first-order valence-electron chi connectivity index (χ1n) is 7.64. The Balaban J connectivity index is 2.00. The summed E-state index contributed by atoms with van der Waals surface area (Å²) in [7, 11) is 0. The molecule has 110 valence electrons.